The van der Waals surface area contributed by atoms with E-state index in [1.807, 2.05) is 0 Å². The highest BCUT2D eigenvalue weighted by Gasteiger charge is 2.11. The molecule has 6 heteroatoms. The van der Waals surface area contributed by atoms with Crippen LogP contribution in [-0.2, 0) is 20.9 Å². The van der Waals surface area contributed by atoms with E-state index in [2.05, 4.69) is 5.32 Å². The van der Waals surface area contributed by atoms with E-state index in [9.17, 15) is 14.4 Å². The quantitative estimate of drug-likeness (QED) is 0.653. The molecule has 0 fully saturated rings. The van der Waals surface area contributed by atoms with Crippen molar-refractivity contribution in [3.63, 3.8) is 0 Å². The molecular formula is C13H15NO5. The second kappa shape index (κ2) is 6.53. The maximum atomic E-state index is 11.0. The Morgan fingerprint density at radius 1 is 1.00 bits per heavy atom. The Balaban J connectivity index is 2.96. The van der Waals surface area contributed by atoms with Crippen LogP contribution in [0.4, 0.5) is 0 Å². The molecule has 1 aromatic carbocycles. The van der Waals surface area contributed by atoms with Crippen LogP contribution in [0.3, 0.4) is 0 Å². The average Bonchev–Trinajstić information content (AvgIpc) is 2.28. The Hall–Kier alpha value is -2.37. The number of hydrogen-bond donors (Lipinski definition) is 1. The first-order valence-corrected chi connectivity index (χ1v) is 5.62. The summed E-state index contributed by atoms with van der Waals surface area (Å²) in [5, 5.41) is 2.62. The number of nitrogens with one attached hydrogen (secondary N) is 1. The van der Waals surface area contributed by atoms with Gasteiger partial charge in [-0.15, -0.1) is 0 Å². The monoisotopic (exact) mass is 265 g/mol. The molecule has 1 aromatic rings. The summed E-state index contributed by atoms with van der Waals surface area (Å²) in [6, 6.07) is 4.72. The lowest BCUT2D eigenvalue weighted by atomic mass is 10.2. The van der Waals surface area contributed by atoms with Crippen molar-refractivity contribution in [2.75, 3.05) is 0 Å². The summed E-state index contributed by atoms with van der Waals surface area (Å²) in [5.74, 6) is -0.897. The molecule has 0 atom stereocenters. The van der Waals surface area contributed by atoms with E-state index in [0.29, 0.717) is 6.54 Å². The van der Waals surface area contributed by atoms with Gasteiger partial charge in [0.25, 0.3) is 0 Å². The standard InChI is InChI=1S/C13H15NO5/c1-8(15)14-7-11-4-5-12(18-9(2)16)13(6-11)19-10(3)17/h4-6H,7H2,1-3H3,(H,14,15). The normalized spacial score (nSPS) is 9.63. The summed E-state index contributed by atoms with van der Waals surface area (Å²) in [4.78, 5) is 32.8. The number of carbonyl (C=O) groups is 3. The van der Waals surface area contributed by atoms with Gasteiger partial charge in [-0.25, -0.2) is 0 Å². The Morgan fingerprint density at radius 3 is 2.11 bits per heavy atom. The molecule has 0 aliphatic carbocycles. The second-order valence-electron chi connectivity index (χ2n) is 3.88. The lowest BCUT2D eigenvalue weighted by Crippen LogP contribution is -2.19. The molecule has 0 heterocycles. The van der Waals surface area contributed by atoms with Gasteiger partial charge in [-0.05, 0) is 17.7 Å². The second-order valence-corrected chi connectivity index (χ2v) is 3.88. The molecule has 0 saturated heterocycles. The molecule has 0 aliphatic rings. The van der Waals surface area contributed by atoms with Crippen LogP contribution in [0.25, 0.3) is 0 Å². The van der Waals surface area contributed by atoms with Crippen molar-refractivity contribution in [1.29, 1.82) is 0 Å². The molecule has 6 nitrogen and oxygen atoms in total. The molecule has 0 radical (unpaired) electrons. The highest BCUT2D eigenvalue weighted by atomic mass is 16.6. The number of esters is 2. The van der Waals surface area contributed by atoms with E-state index < -0.39 is 11.9 Å². The minimum atomic E-state index is -0.523. The number of hydrogen-bond acceptors (Lipinski definition) is 5. The highest BCUT2D eigenvalue weighted by Crippen LogP contribution is 2.28. The minimum Gasteiger partial charge on any atom is -0.423 e. The van der Waals surface area contributed by atoms with Gasteiger partial charge < -0.3 is 14.8 Å². The zero-order valence-corrected chi connectivity index (χ0v) is 11.0. The topological polar surface area (TPSA) is 81.7 Å². The van der Waals surface area contributed by atoms with E-state index in [-0.39, 0.29) is 17.4 Å². The van der Waals surface area contributed by atoms with Crippen LogP contribution in [0.5, 0.6) is 11.5 Å². The smallest absolute Gasteiger partial charge is 0.308 e. The number of amides is 1. The number of rotatable bonds is 4. The first kappa shape index (κ1) is 14.7. The van der Waals surface area contributed by atoms with E-state index in [0.717, 1.165) is 5.56 Å². The Labute approximate surface area is 110 Å². The van der Waals surface area contributed by atoms with Gasteiger partial charge in [-0.3, -0.25) is 14.4 Å². The molecule has 1 rings (SSSR count). The molecule has 1 amide bonds. The fourth-order valence-electron chi connectivity index (χ4n) is 1.36. The molecule has 19 heavy (non-hydrogen) atoms. The summed E-state index contributed by atoms with van der Waals surface area (Å²) in [6.45, 7) is 4.20. The molecule has 0 unspecified atom stereocenters. The SMILES string of the molecule is CC(=O)NCc1ccc(OC(C)=O)c(OC(C)=O)c1. The summed E-state index contributed by atoms with van der Waals surface area (Å²) >= 11 is 0. The van der Waals surface area contributed by atoms with Crippen LogP contribution in [0.1, 0.15) is 26.3 Å². The molecule has 0 spiro atoms. The van der Waals surface area contributed by atoms with Crippen molar-refractivity contribution in [1.82, 2.24) is 5.32 Å². The lowest BCUT2D eigenvalue weighted by molar-refractivity contribution is -0.134. The van der Waals surface area contributed by atoms with Gasteiger partial charge in [0.15, 0.2) is 11.5 Å². The van der Waals surface area contributed by atoms with Crippen molar-refractivity contribution in [3.8, 4) is 11.5 Å². The number of carbonyl (C=O) groups excluding carboxylic acids is 3. The Bertz CT molecular complexity index is 510. The van der Waals surface area contributed by atoms with Gasteiger partial charge in [0.05, 0.1) is 0 Å². The van der Waals surface area contributed by atoms with Crippen LogP contribution in [0.15, 0.2) is 18.2 Å². The first-order chi connectivity index (χ1) is 8.88. The minimum absolute atomic E-state index is 0.144. The molecule has 1 N–H and O–H groups in total. The van der Waals surface area contributed by atoms with Crippen LogP contribution in [0.2, 0.25) is 0 Å². The first-order valence-electron chi connectivity index (χ1n) is 5.62. The van der Waals surface area contributed by atoms with Gasteiger partial charge in [-0.2, -0.15) is 0 Å². The van der Waals surface area contributed by atoms with Gasteiger partial charge >= 0.3 is 11.9 Å². The molecule has 0 bridgehead atoms. The molecular weight excluding hydrogens is 250 g/mol. The van der Waals surface area contributed by atoms with Gasteiger partial charge in [0.1, 0.15) is 0 Å². The van der Waals surface area contributed by atoms with Crippen LogP contribution in [0, 0.1) is 0 Å². The Morgan fingerprint density at radius 2 is 1.58 bits per heavy atom. The van der Waals surface area contributed by atoms with Gasteiger partial charge in [0.2, 0.25) is 5.91 Å². The van der Waals surface area contributed by atoms with Crippen molar-refractivity contribution in [2.24, 2.45) is 0 Å². The third kappa shape index (κ3) is 5.20. The van der Waals surface area contributed by atoms with Gasteiger partial charge in [-0.1, -0.05) is 6.07 Å². The van der Waals surface area contributed by atoms with Crippen LogP contribution < -0.4 is 14.8 Å². The van der Waals surface area contributed by atoms with Crippen molar-refractivity contribution in [2.45, 2.75) is 27.3 Å². The summed E-state index contributed by atoms with van der Waals surface area (Å²) in [5.41, 5.74) is 0.724. The summed E-state index contributed by atoms with van der Waals surface area (Å²) < 4.78 is 9.89. The van der Waals surface area contributed by atoms with Crippen LogP contribution in [-0.4, -0.2) is 17.8 Å². The fourth-order valence-corrected chi connectivity index (χ4v) is 1.36. The summed E-state index contributed by atoms with van der Waals surface area (Å²) in [6.07, 6.45) is 0. The highest BCUT2D eigenvalue weighted by molar-refractivity contribution is 5.74. The molecule has 0 aliphatic heterocycles. The fraction of sp³-hybridized carbons (Fsp3) is 0.308. The largest absolute Gasteiger partial charge is 0.423 e. The number of ether oxygens (including phenoxy) is 2. The van der Waals surface area contributed by atoms with Crippen molar-refractivity contribution >= 4 is 17.8 Å². The van der Waals surface area contributed by atoms with Gasteiger partial charge in [0, 0.05) is 27.3 Å². The van der Waals surface area contributed by atoms with Crippen molar-refractivity contribution < 1.29 is 23.9 Å². The maximum absolute atomic E-state index is 11.0. The predicted octanol–water partition coefficient (Wildman–Crippen LogP) is 1.17. The van der Waals surface area contributed by atoms with Crippen molar-refractivity contribution in [3.05, 3.63) is 23.8 Å². The lowest BCUT2D eigenvalue weighted by Gasteiger charge is -2.10. The van der Waals surface area contributed by atoms with E-state index >= 15 is 0 Å². The van der Waals surface area contributed by atoms with E-state index in [4.69, 9.17) is 9.47 Å². The zero-order valence-electron chi connectivity index (χ0n) is 11.0. The molecule has 102 valence electrons. The maximum Gasteiger partial charge on any atom is 0.308 e. The summed E-state index contributed by atoms with van der Waals surface area (Å²) in [7, 11) is 0. The van der Waals surface area contributed by atoms with Crippen LogP contribution >= 0.6 is 0 Å². The Kier molecular flexibility index (Phi) is 5.05. The van der Waals surface area contributed by atoms with E-state index in [1.165, 1.54) is 32.9 Å². The third-order valence-corrected chi connectivity index (χ3v) is 2.06. The van der Waals surface area contributed by atoms with E-state index in [1.54, 1.807) is 6.07 Å². The molecule has 0 saturated carbocycles. The number of benzene rings is 1. The molecule has 0 aromatic heterocycles. The zero-order chi connectivity index (χ0) is 14.4. The third-order valence-electron chi connectivity index (χ3n) is 2.06. The average molecular weight is 265 g/mol. The predicted molar refractivity (Wildman–Crippen MR) is 66.6 cm³/mol.